The molecule has 1 N–H and O–H groups in total. The lowest BCUT2D eigenvalue weighted by atomic mass is 10.1. The van der Waals surface area contributed by atoms with Crippen molar-refractivity contribution in [2.45, 2.75) is 52.1 Å². The van der Waals surface area contributed by atoms with E-state index in [-0.39, 0.29) is 37.7 Å². The van der Waals surface area contributed by atoms with Crippen LogP contribution in [0.4, 0.5) is 5.69 Å². The highest BCUT2D eigenvalue weighted by molar-refractivity contribution is 7.92. The van der Waals surface area contributed by atoms with Gasteiger partial charge in [0.1, 0.15) is 11.8 Å². The second-order valence-electron chi connectivity index (χ2n) is 8.73. The van der Waals surface area contributed by atoms with Crippen molar-refractivity contribution in [1.29, 1.82) is 0 Å². The molecule has 0 bridgehead atoms. The number of unbranched alkanes of at least 4 members (excludes halogenated alkanes) is 1. The molecule has 0 aliphatic carbocycles. The maximum absolute atomic E-state index is 13.3. The Bertz CT molecular complexity index is 1180. The van der Waals surface area contributed by atoms with E-state index in [2.05, 4.69) is 5.32 Å². The molecule has 2 rings (SSSR count). The van der Waals surface area contributed by atoms with E-state index in [1.165, 1.54) is 16.3 Å². The first-order valence-corrected chi connectivity index (χ1v) is 14.7. The zero-order valence-electron chi connectivity index (χ0n) is 21.7. The van der Waals surface area contributed by atoms with Gasteiger partial charge in [0, 0.05) is 32.1 Å². The third-order valence-electron chi connectivity index (χ3n) is 5.83. The third kappa shape index (κ3) is 9.39. The van der Waals surface area contributed by atoms with Gasteiger partial charge in [-0.1, -0.05) is 48.7 Å². The molecule has 0 saturated carbocycles. The molecule has 11 heteroatoms. The van der Waals surface area contributed by atoms with Gasteiger partial charge in [0.05, 0.1) is 29.1 Å². The number of hydrogen-bond donors (Lipinski definition) is 1. The van der Waals surface area contributed by atoms with Gasteiger partial charge in [-0.25, -0.2) is 8.42 Å². The first-order chi connectivity index (χ1) is 17.5. The number of benzene rings is 2. The molecule has 8 nitrogen and oxygen atoms in total. The number of hydrogen-bond acceptors (Lipinski definition) is 5. The second kappa shape index (κ2) is 14.4. The summed E-state index contributed by atoms with van der Waals surface area (Å²) in [5.41, 5.74) is 1.18. The van der Waals surface area contributed by atoms with Crippen molar-refractivity contribution in [3.8, 4) is 5.75 Å². The minimum atomic E-state index is -3.60. The molecule has 0 heterocycles. The average molecular weight is 573 g/mol. The Hall–Kier alpha value is -2.49. The molecular weight excluding hydrogens is 537 g/mol. The summed E-state index contributed by atoms with van der Waals surface area (Å²) in [5.74, 6) is -0.00255. The molecule has 0 saturated heterocycles. The van der Waals surface area contributed by atoms with Gasteiger partial charge in [0.15, 0.2) is 0 Å². The zero-order valence-corrected chi connectivity index (χ0v) is 24.0. The van der Waals surface area contributed by atoms with Gasteiger partial charge in [0.2, 0.25) is 21.8 Å². The molecule has 0 aliphatic heterocycles. The molecule has 1 atom stereocenters. The highest BCUT2D eigenvalue weighted by Crippen LogP contribution is 2.25. The van der Waals surface area contributed by atoms with Crippen LogP contribution in [-0.4, -0.2) is 57.6 Å². The first kappa shape index (κ1) is 30.7. The van der Waals surface area contributed by atoms with E-state index in [4.69, 9.17) is 27.9 Å². The van der Waals surface area contributed by atoms with Gasteiger partial charge >= 0.3 is 0 Å². The molecule has 204 valence electrons. The lowest BCUT2D eigenvalue weighted by Crippen LogP contribution is -2.48. The molecule has 0 unspecified atom stereocenters. The molecule has 0 fully saturated rings. The lowest BCUT2D eigenvalue weighted by molar-refractivity contribution is -0.140. The SMILES string of the molecule is CCCCNC(=O)[C@H](C)N(Cc1ccc(Cl)c(Cl)c1)C(=O)CCCN(c1cccc(OC)c1)S(C)(=O)=O. The number of halogens is 2. The molecule has 37 heavy (non-hydrogen) atoms. The van der Waals surface area contributed by atoms with E-state index in [0.29, 0.717) is 28.0 Å². The number of methoxy groups -OCH3 is 1. The van der Waals surface area contributed by atoms with Gasteiger partial charge in [-0.2, -0.15) is 0 Å². The highest BCUT2D eigenvalue weighted by atomic mass is 35.5. The average Bonchev–Trinajstić information content (AvgIpc) is 2.86. The van der Waals surface area contributed by atoms with Crippen molar-refractivity contribution in [1.82, 2.24) is 10.2 Å². The summed E-state index contributed by atoms with van der Waals surface area (Å²) in [7, 11) is -2.10. The van der Waals surface area contributed by atoms with Crippen molar-refractivity contribution < 1.29 is 22.7 Å². The largest absolute Gasteiger partial charge is 0.497 e. The van der Waals surface area contributed by atoms with Crippen LogP contribution in [0.3, 0.4) is 0 Å². The fourth-order valence-corrected chi connectivity index (χ4v) is 5.00. The smallest absolute Gasteiger partial charge is 0.242 e. The lowest BCUT2D eigenvalue weighted by Gasteiger charge is -2.29. The summed E-state index contributed by atoms with van der Waals surface area (Å²) in [6, 6.07) is 11.1. The van der Waals surface area contributed by atoms with Crippen LogP contribution in [0.1, 0.15) is 45.1 Å². The highest BCUT2D eigenvalue weighted by Gasteiger charge is 2.26. The summed E-state index contributed by atoms with van der Waals surface area (Å²) in [6.07, 6.45) is 3.19. The van der Waals surface area contributed by atoms with E-state index in [1.54, 1.807) is 49.4 Å². The Balaban J connectivity index is 2.18. The number of ether oxygens (including phenoxy) is 1. The van der Waals surface area contributed by atoms with Crippen molar-refractivity contribution in [2.75, 3.05) is 30.8 Å². The number of sulfonamides is 1. The van der Waals surface area contributed by atoms with Crippen molar-refractivity contribution in [3.63, 3.8) is 0 Å². The number of carbonyl (C=O) groups is 2. The standard InChI is InChI=1S/C26H35Cl2N3O5S/c1-5-6-14-29-26(33)19(2)30(18-20-12-13-23(27)24(28)16-20)25(32)11-8-15-31(37(4,34)35)21-9-7-10-22(17-21)36-3/h7,9-10,12-13,16-17,19H,5-6,8,11,14-15,18H2,1-4H3,(H,29,33)/t19-/m0/s1. The molecule has 0 aromatic heterocycles. The Morgan fingerprint density at radius 2 is 1.81 bits per heavy atom. The van der Waals surface area contributed by atoms with Gasteiger partial charge in [0.25, 0.3) is 0 Å². The molecule has 0 radical (unpaired) electrons. The second-order valence-corrected chi connectivity index (χ2v) is 11.5. The van der Waals surface area contributed by atoms with Gasteiger partial charge in [-0.15, -0.1) is 0 Å². The quantitative estimate of drug-likeness (QED) is 0.326. The van der Waals surface area contributed by atoms with Crippen LogP contribution in [-0.2, 0) is 26.2 Å². The third-order valence-corrected chi connectivity index (χ3v) is 7.76. The minimum absolute atomic E-state index is 0.0455. The topological polar surface area (TPSA) is 96.0 Å². The maximum atomic E-state index is 13.3. The van der Waals surface area contributed by atoms with Gasteiger partial charge in [-0.05, 0) is 49.6 Å². The van der Waals surface area contributed by atoms with E-state index in [9.17, 15) is 18.0 Å². The Morgan fingerprint density at radius 1 is 1.08 bits per heavy atom. The number of nitrogens with zero attached hydrogens (tertiary/aromatic N) is 2. The van der Waals surface area contributed by atoms with Crippen LogP contribution in [0, 0.1) is 0 Å². The van der Waals surface area contributed by atoms with Crippen LogP contribution in [0.5, 0.6) is 5.75 Å². The van der Waals surface area contributed by atoms with Crippen LogP contribution in [0.25, 0.3) is 0 Å². The molecular formula is C26H35Cl2N3O5S. The van der Waals surface area contributed by atoms with Crippen LogP contribution in [0.2, 0.25) is 10.0 Å². The first-order valence-electron chi connectivity index (χ1n) is 12.1. The normalized spacial score (nSPS) is 12.1. The number of carbonyl (C=O) groups excluding carboxylic acids is 2. The molecule has 2 aromatic carbocycles. The summed E-state index contributed by atoms with van der Waals surface area (Å²) in [5, 5.41) is 3.62. The van der Waals surface area contributed by atoms with Gasteiger partial charge < -0.3 is 15.0 Å². The van der Waals surface area contributed by atoms with Crippen LogP contribution < -0.4 is 14.4 Å². The van der Waals surface area contributed by atoms with Crippen LogP contribution >= 0.6 is 23.2 Å². The summed E-state index contributed by atoms with van der Waals surface area (Å²) >= 11 is 12.2. The predicted molar refractivity (Wildman–Crippen MR) is 149 cm³/mol. The minimum Gasteiger partial charge on any atom is -0.497 e. The maximum Gasteiger partial charge on any atom is 0.242 e. The number of nitrogens with one attached hydrogen (secondary N) is 1. The van der Waals surface area contributed by atoms with E-state index in [0.717, 1.165) is 24.7 Å². The Morgan fingerprint density at radius 3 is 2.43 bits per heavy atom. The summed E-state index contributed by atoms with van der Waals surface area (Å²) < 4.78 is 31.4. The van der Waals surface area contributed by atoms with E-state index >= 15 is 0 Å². The predicted octanol–water partition coefficient (Wildman–Crippen LogP) is 4.88. The van der Waals surface area contributed by atoms with Crippen molar-refractivity contribution in [2.24, 2.45) is 0 Å². The fraction of sp³-hybridized carbons (Fsp3) is 0.462. The molecule has 0 spiro atoms. The monoisotopic (exact) mass is 571 g/mol. The Labute approximate surface area is 229 Å². The molecule has 0 aliphatic rings. The fourth-order valence-electron chi connectivity index (χ4n) is 3.72. The van der Waals surface area contributed by atoms with Gasteiger partial charge in [-0.3, -0.25) is 13.9 Å². The summed E-state index contributed by atoms with van der Waals surface area (Å²) in [4.78, 5) is 27.6. The van der Waals surface area contributed by atoms with E-state index in [1.807, 2.05) is 6.92 Å². The number of amides is 2. The van der Waals surface area contributed by atoms with Crippen molar-refractivity contribution >= 4 is 50.7 Å². The van der Waals surface area contributed by atoms with E-state index < -0.39 is 16.1 Å². The molecule has 2 amide bonds. The molecule has 2 aromatic rings. The number of anilines is 1. The Kier molecular flexibility index (Phi) is 12.0. The number of rotatable bonds is 14. The van der Waals surface area contributed by atoms with Crippen molar-refractivity contribution in [3.05, 3.63) is 58.1 Å². The zero-order chi connectivity index (χ0) is 27.6. The van der Waals surface area contributed by atoms with Crippen LogP contribution in [0.15, 0.2) is 42.5 Å². The summed E-state index contributed by atoms with van der Waals surface area (Å²) in [6.45, 7) is 4.48.